The van der Waals surface area contributed by atoms with Crippen molar-refractivity contribution in [1.82, 2.24) is 4.90 Å². The van der Waals surface area contributed by atoms with Crippen molar-refractivity contribution >= 4 is 17.7 Å². The van der Waals surface area contributed by atoms with Crippen LogP contribution in [0, 0.1) is 5.92 Å². The average Bonchev–Trinajstić information content (AvgIpc) is 2.04. The predicted octanol–water partition coefficient (Wildman–Crippen LogP) is 3.08. The van der Waals surface area contributed by atoms with Crippen LogP contribution in [0.5, 0.6) is 0 Å². The highest BCUT2D eigenvalue weighted by molar-refractivity contribution is 6.19. The van der Waals surface area contributed by atoms with Crippen molar-refractivity contribution in [2.24, 2.45) is 5.92 Å². The second kappa shape index (κ2) is 6.12. The lowest BCUT2D eigenvalue weighted by Crippen LogP contribution is -2.38. The molecule has 14 heavy (non-hydrogen) atoms. The molecule has 0 radical (unpaired) electrons. The largest absolute Gasteiger partial charge is 0.430 e. The van der Waals surface area contributed by atoms with Gasteiger partial charge in [-0.2, -0.15) is 0 Å². The van der Waals surface area contributed by atoms with Crippen LogP contribution >= 0.6 is 11.6 Å². The SMILES string of the molecule is C.CC1CCN(C(=O)OC(C)Cl)CC1. The number of alkyl halides is 1. The standard InChI is InChI=1S/C9H16ClNO2.CH4/c1-7-3-5-11(6-4-7)9(12)13-8(2)10;/h7-8H,3-6H2,1-2H3;1H4. The van der Waals surface area contributed by atoms with Crippen LogP contribution in [0.25, 0.3) is 0 Å². The van der Waals surface area contributed by atoms with Crippen LogP contribution in [-0.4, -0.2) is 29.6 Å². The van der Waals surface area contributed by atoms with Gasteiger partial charge in [-0.05, 0) is 25.7 Å². The summed E-state index contributed by atoms with van der Waals surface area (Å²) >= 11 is 5.55. The molecule has 1 saturated heterocycles. The van der Waals surface area contributed by atoms with E-state index in [4.69, 9.17) is 16.3 Å². The number of amides is 1. The third-order valence-electron chi connectivity index (χ3n) is 2.31. The topological polar surface area (TPSA) is 29.5 Å². The van der Waals surface area contributed by atoms with Crippen LogP contribution in [0.2, 0.25) is 0 Å². The summed E-state index contributed by atoms with van der Waals surface area (Å²) in [5, 5.41) is 0. The molecule has 84 valence electrons. The molecule has 1 atom stereocenters. The van der Waals surface area contributed by atoms with E-state index in [0.29, 0.717) is 0 Å². The summed E-state index contributed by atoms with van der Waals surface area (Å²) in [5.41, 5.74) is -0.535. The lowest BCUT2D eigenvalue weighted by atomic mass is 10.00. The number of carbonyl (C=O) groups excluding carboxylic acids is 1. The van der Waals surface area contributed by atoms with Crippen molar-refractivity contribution in [2.45, 2.75) is 39.7 Å². The number of carbonyl (C=O) groups is 1. The van der Waals surface area contributed by atoms with E-state index in [2.05, 4.69) is 6.92 Å². The van der Waals surface area contributed by atoms with Gasteiger partial charge in [0.05, 0.1) is 0 Å². The quantitative estimate of drug-likeness (QED) is 0.637. The molecular weight excluding hydrogens is 202 g/mol. The molecule has 1 aliphatic rings. The molecular formula is C10H20ClNO2. The van der Waals surface area contributed by atoms with Crippen molar-refractivity contribution in [3.05, 3.63) is 0 Å². The Hall–Kier alpha value is -0.440. The summed E-state index contributed by atoms with van der Waals surface area (Å²) in [6.45, 7) is 5.44. The molecule has 1 unspecified atom stereocenters. The second-order valence-corrected chi connectivity index (χ2v) is 4.21. The van der Waals surface area contributed by atoms with Crippen molar-refractivity contribution < 1.29 is 9.53 Å². The highest BCUT2D eigenvalue weighted by Gasteiger charge is 2.21. The van der Waals surface area contributed by atoms with E-state index in [1.807, 2.05) is 0 Å². The van der Waals surface area contributed by atoms with Crippen molar-refractivity contribution in [3.63, 3.8) is 0 Å². The summed E-state index contributed by atoms with van der Waals surface area (Å²) in [6.07, 6.45) is 1.84. The first-order chi connectivity index (χ1) is 6.09. The number of hydrogen-bond acceptors (Lipinski definition) is 2. The molecule has 1 fully saturated rings. The first-order valence-electron chi connectivity index (χ1n) is 4.69. The number of rotatable bonds is 1. The first-order valence-corrected chi connectivity index (χ1v) is 5.13. The molecule has 1 amide bonds. The Kier molecular flexibility index (Phi) is 5.93. The third kappa shape index (κ3) is 4.18. The van der Waals surface area contributed by atoms with Crippen molar-refractivity contribution in [1.29, 1.82) is 0 Å². The summed E-state index contributed by atoms with van der Waals surface area (Å²) in [5.74, 6) is 0.720. The minimum absolute atomic E-state index is 0. The smallest absolute Gasteiger partial charge is 0.411 e. The van der Waals surface area contributed by atoms with Gasteiger partial charge in [-0.1, -0.05) is 26.0 Å². The zero-order chi connectivity index (χ0) is 9.84. The van der Waals surface area contributed by atoms with Crippen LogP contribution in [0.15, 0.2) is 0 Å². The summed E-state index contributed by atoms with van der Waals surface area (Å²) < 4.78 is 4.88. The van der Waals surface area contributed by atoms with E-state index >= 15 is 0 Å². The second-order valence-electron chi connectivity index (χ2n) is 3.60. The fourth-order valence-electron chi connectivity index (χ4n) is 1.40. The Morgan fingerprint density at radius 1 is 1.50 bits per heavy atom. The maximum Gasteiger partial charge on any atom is 0.411 e. The molecule has 0 aromatic carbocycles. The molecule has 0 aliphatic carbocycles. The normalized spacial score (nSPS) is 19.8. The van der Waals surface area contributed by atoms with Gasteiger partial charge in [0.15, 0.2) is 5.56 Å². The Bertz CT molecular complexity index is 177. The molecule has 3 nitrogen and oxygen atoms in total. The maximum atomic E-state index is 11.3. The fourth-order valence-corrected chi connectivity index (χ4v) is 1.48. The molecule has 0 aromatic rings. The number of likely N-dealkylation sites (tertiary alicyclic amines) is 1. The zero-order valence-electron chi connectivity index (χ0n) is 8.12. The molecule has 1 rings (SSSR count). The monoisotopic (exact) mass is 221 g/mol. The van der Waals surface area contributed by atoms with Crippen LogP contribution in [-0.2, 0) is 4.74 Å². The van der Waals surface area contributed by atoms with Crippen LogP contribution < -0.4 is 0 Å². The van der Waals surface area contributed by atoms with Crippen molar-refractivity contribution in [2.75, 3.05) is 13.1 Å². The van der Waals surface area contributed by atoms with E-state index in [1.54, 1.807) is 11.8 Å². The van der Waals surface area contributed by atoms with Gasteiger partial charge in [0.25, 0.3) is 0 Å². The Morgan fingerprint density at radius 2 is 2.00 bits per heavy atom. The molecule has 1 heterocycles. The Morgan fingerprint density at radius 3 is 2.43 bits per heavy atom. The number of ether oxygens (including phenoxy) is 1. The van der Waals surface area contributed by atoms with Gasteiger partial charge in [0.1, 0.15) is 0 Å². The van der Waals surface area contributed by atoms with E-state index < -0.39 is 5.56 Å². The predicted molar refractivity (Wildman–Crippen MR) is 58.5 cm³/mol. The van der Waals surface area contributed by atoms with Crippen LogP contribution in [0.4, 0.5) is 4.79 Å². The molecule has 4 heteroatoms. The summed E-state index contributed by atoms with van der Waals surface area (Å²) in [4.78, 5) is 13.1. The Labute approximate surface area is 91.4 Å². The van der Waals surface area contributed by atoms with Gasteiger partial charge >= 0.3 is 6.09 Å². The van der Waals surface area contributed by atoms with E-state index in [-0.39, 0.29) is 13.5 Å². The minimum atomic E-state index is -0.535. The van der Waals surface area contributed by atoms with Gasteiger partial charge in [-0.15, -0.1) is 0 Å². The Balaban J connectivity index is 0.00000169. The molecule has 0 saturated carbocycles. The highest BCUT2D eigenvalue weighted by Crippen LogP contribution is 2.17. The summed E-state index contributed by atoms with van der Waals surface area (Å²) in [6, 6.07) is 0. The first kappa shape index (κ1) is 13.6. The lowest BCUT2D eigenvalue weighted by Gasteiger charge is -2.29. The molecule has 0 aromatic heterocycles. The van der Waals surface area contributed by atoms with Crippen molar-refractivity contribution in [3.8, 4) is 0 Å². The highest BCUT2D eigenvalue weighted by atomic mass is 35.5. The fraction of sp³-hybridized carbons (Fsp3) is 0.900. The minimum Gasteiger partial charge on any atom is -0.430 e. The number of hydrogen-bond donors (Lipinski definition) is 0. The van der Waals surface area contributed by atoms with E-state index in [1.165, 1.54) is 0 Å². The molecule has 0 bridgehead atoms. The summed E-state index contributed by atoms with van der Waals surface area (Å²) in [7, 11) is 0. The van der Waals surface area contributed by atoms with E-state index in [9.17, 15) is 4.79 Å². The van der Waals surface area contributed by atoms with Gasteiger partial charge in [0, 0.05) is 13.1 Å². The number of piperidine rings is 1. The molecule has 1 aliphatic heterocycles. The van der Waals surface area contributed by atoms with Crippen LogP contribution in [0.3, 0.4) is 0 Å². The molecule has 0 spiro atoms. The van der Waals surface area contributed by atoms with Gasteiger partial charge in [-0.25, -0.2) is 4.79 Å². The zero-order valence-corrected chi connectivity index (χ0v) is 8.88. The van der Waals surface area contributed by atoms with Gasteiger partial charge in [0.2, 0.25) is 0 Å². The van der Waals surface area contributed by atoms with Gasteiger partial charge in [-0.3, -0.25) is 0 Å². The maximum absolute atomic E-state index is 11.3. The van der Waals surface area contributed by atoms with E-state index in [0.717, 1.165) is 31.8 Å². The number of nitrogens with zero attached hydrogens (tertiary/aromatic N) is 1. The van der Waals surface area contributed by atoms with Gasteiger partial charge < -0.3 is 9.64 Å². The average molecular weight is 222 g/mol. The molecule has 0 N–H and O–H groups in total. The van der Waals surface area contributed by atoms with Crippen LogP contribution in [0.1, 0.15) is 34.1 Å². The third-order valence-corrected chi connectivity index (χ3v) is 2.39. The lowest BCUT2D eigenvalue weighted by molar-refractivity contribution is 0.0834. The number of halogens is 1.